The first kappa shape index (κ1) is 21.5. The Hall–Kier alpha value is -0.550. The molecule has 0 amide bonds. The fourth-order valence-corrected chi connectivity index (χ4v) is 3.40. The van der Waals surface area contributed by atoms with Gasteiger partial charge < -0.3 is 4.74 Å². The van der Waals surface area contributed by atoms with Gasteiger partial charge in [0.25, 0.3) is 0 Å². The first-order valence-electron chi connectivity index (χ1n) is 10.1. The topological polar surface area (TPSA) is 9.23 Å². The third kappa shape index (κ3) is 8.52. The summed E-state index contributed by atoms with van der Waals surface area (Å²) in [5.74, 6) is 1.19. The lowest BCUT2D eigenvalue weighted by atomic mass is 9.97. The molecule has 0 heterocycles. The molecular formula is C22H39OP. The summed E-state index contributed by atoms with van der Waals surface area (Å²) in [5.41, 5.74) is 4.21. The molecule has 0 bridgehead atoms. The normalized spacial score (nSPS) is 12.4. The minimum atomic E-state index is 0.163. The maximum atomic E-state index is 5.85. The highest BCUT2D eigenvalue weighted by Crippen LogP contribution is 2.27. The van der Waals surface area contributed by atoms with Crippen LogP contribution in [0.3, 0.4) is 0 Å². The van der Waals surface area contributed by atoms with Crippen molar-refractivity contribution in [3.63, 3.8) is 0 Å². The first-order valence-corrected chi connectivity index (χ1v) is 10.7. The molecule has 2 unspecified atom stereocenters. The van der Waals surface area contributed by atoms with E-state index in [0.29, 0.717) is 0 Å². The average molecular weight is 351 g/mol. The smallest absolute Gasteiger partial charge is 0.123 e. The molecule has 0 aliphatic rings. The number of hydrogen-bond acceptors (Lipinski definition) is 1. The summed E-state index contributed by atoms with van der Waals surface area (Å²) in [7, 11) is 2.70. The largest absolute Gasteiger partial charge is 0.487 e. The van der Waals surface area contributed by atoms with E-state index in [1.807, 2.05) is 0 Å². The molecule has 1 aromatic rings. The van der Waals surface area contributed by atoms with Crippen molar-refractivity contribution < 1.29 is 4.74 Å². The lowest BCUT2D eigenvalue weighted by molar-refractivity contribution is 0.304. The summed E-state index contributed by atoms with van der Waals surface area (Å²) in [4.78, 5) is 0. The molecule has 2 heteroatoms. The van der Waals surface area contributed by atoms with Gasteiger partial charge >= 0.3 is 0 Å². The van der Waals surface area contributed by atoms with Crippen molar-refractivity contribution in [2.75, 3.05) is 0 Å². The number of hydrogen-bond donors (Lipinski definition) is 0. The molecule has 0 aromatic heterocycles. The molecule has 0 spiro atoms. The minimum absolute atomic E-state index is 0.163. The molecule has 138 valence electrons. The molecule has 1 nitrogen and oxygen atoms in total. The lowest BCUT2D eigenvalue weighted by Gasteiger charge is -2.16. The second-order valence-electron chi connectivity index (χ2n) is 7.23. The molecular weight excluding hydrogens is 311 g/mol. The summed E-state index contributed by atoms with van der Waals surface area (Å²) >= 11 is 0. The number of aryl methyl sites for hydroxylation is 1. The van der Waals surface area contributed by atoms with Crippen molar-refractivity contribution in [1.82, 2.24) is 0 Å². The maximum absolute atomic E-state index is 5.85. The summed E-state index contributed by atoms with van der Waals surface area (Å²) in [6, 6.07) is 4.41. The Balaban J connectivity index is 2.20. The Morgan fingerprint density at radius 3 is 1.92 bits per heavy atom. The van der Waals surface area contributed by atoms with Crippen molar-refractivity contribution in [2.45, 2.75) is 104 Å². The third-order valence-corrected chi connectivity index (χ3v) is 5.10. The molecule has 0 N–H and O–H groups in total. The molecule has 0 fully saturated rings. The molecule has 0 radical (unpaired) electrons. The van der Waals surface area contributed by atoms with Gasteiger partial charge in [0.15, 0.2) is 0 Å². The SMILES string of the molecule is CCCCCCCCCCCCc1ccc(OC(C)P)c(C)c1C. The first-order chi connectivity index (χ1) is 11.6. The predicted molar refractivity (Wildman–Crippen MR) is 111 cm³/mol. The number of rotatable bonds is 13. The molecule has 1 aromatic carbocycles. The molecule has 0 saturated heterocycles. The molecule has 1 rings (SSSR count). The van der Waals surface area contributed by atoms with Gasteiger partial charge in [-0.3, -0.25) is 0 Å². The third-order valence-electron chi connectivity index (χ3n) is 4.96. The second kappa shape index (κ2) is 12.8. The summed E-state index contributed by atoms with van der Waals surface area (Å²) in [5, 5.41) is 0. The van der Waals surface area contributed by atoms with Gasteiger partial charge in [-0.2, -0.15) is 0 Å². The van der Waals surface area contributed by atoms with Gasteiger partial charge in [0.2, 0.25) is 0 Å². The van der Waals surface area contributed by atoms with E-state index in [4.69, 9.17) is 4.74 Å². The highest BCUT2D eigenvalue weighted by atomic mass is 31.0. The lowest BCUT2D eigenvalue weighted by Crippen LogP contribution is -2.05. The van der Waals surface area contributed by atoms with Gasteiger partial charge in [-0.25, -0.2) is 0 Å². The van der Waals surface area contributed by atoms with Crippen molar-refractivity contribution in [2.24, 2.45) is 0 Å². The quantitative estimate of drug-likeness (QED) is 0.266. The van der Waals surface area contributed by atoms with Crippen molar-refractivity contribution >= 4 is 9.24 Å². The summed E-state index contributed by atoms with van der Waals surface area (Å²) in [6.45, 7) is 8.76. The van der Waals surface area contributed by atoms with E-state index in [0.717, 1.165) is 5.75 Å². The maximum Gasteiger partial charge on any atom is 0.123 e. The predicted octanol–water partition coefficient (Wildman–Crippen LogP) is 7.37. The Labute approximate surface area is 153 Å². The van der Waals surface area contributed by atoms with Crippen LogP contribution in [0.1, 0.15) is 94.7 Å². The Kier molecular flexibility index (Phi) is 11.4. The van der Waals surface area contributed by atoms with E-state index in [1.165, 1.54) is 87.3 Å². The van der Waals surface area contributed by atoms with Crippen molar-refractivity contribution in [3.8, 4) is 5.75 Å². The van der Waals surface area contributed by atoms with Crippen LogP contribution in [-0.2, 0) is 6.42 Å². The van der Waals surface area contributed by atoms with Crippen LogP contribution >= 0.6 is 9.24 Å². The standard InChI is InChI=1S/C22H39OP/c1-5-6-7-8-9-10-11-12-13-14-15-21-16-17-22(23-20(4)24)19(3)18(21)2/h16-17,20H,5-15,24H2,1-4H3. The van der Waals surface area contributed by atoms with Crippen LogP contribution in [0, 0.1) is 13.8 Å². The zero-order valence-electron chi connectivity index (χ0n) is 16.5. The van der Waals surface area contributed by atoms with Gasteiger partial charge in [0.05, 0.1) is 0 Å². The highest BCUT2D eigenvalue weighted by Gasteiger charge is 2.08. The van der Waals surface area contributed by atoms with Crippen LogP contribution in [-0.4, -0.2) is 5.85 Å². The summed E-state index contributed by atoms with van der Waals surface area (Å²) in [6.07, 6.45) is 15.2. The Morgan fingerprint density at radius 1 is 0.833 bits per heavy atom. The van der Waals surface area contributed by atoms with Gasteiger partial charge in [-0.05, 0) is 56.4 Å². The van der Waals surface area contributed by atoms with E-state index in [-0.39, 0.29) is 5.85 Å². The number of unbranched alkanes of at least 4 members (excludes halogenated alkanes) is 9. The fourth-order valence-electron chi connectivity index (χ4n) is 3.25. The van der Waals surface area contributed by atoms with Crippen LogP contribution in [0.5, 0.6) is 5.75 Å². The van der Waals surface area contributed by atoms with Crippen molar-refractivity contribution in [1.29, 1.82) is 0 Å². The van der Waals surface area contributed by atoms with E-state index in [2.05, 4.69) is 49.1 Å². The zero-order valence-corrected chi connectivity index (χ0v) is 17.7. The molecule has 0 aliphatic carbocycles. The Bertz CT molecular complexity index is 454. The van der Waals surface area contributed by atoms with Gasteiger partial charge in [0, 0.05) is 0 Å². The molecule has 0 saturated carbocycles. The van der Waals surface area contributed by atoms with Gasteiger partial charge in [-0.1, -0.05) is 80.0 Å². The Morgan fingerprint density at radius 2 is 1.38 bits per heavy atom. The summed E-state index contributed by atoms with van der Waals surface area (Å²) < 4.78 is 5.85. The monoisotopic (exact) mass is 350 g/mol. The zero-order chi connectivity index (χ0) is 17.8. The van der Waals surface area contributed by atoms with Gasteiger partial charge in [0.1, 0.15) is 11.6 Å². The van der Waals surface area contributed by atoms with E-state index >= 15 is 0 Å². The van der Waals surface area contributed by atoms with Crippen LogP contribution in [0.2, 0.25) is 0 Å². The minimum Gasteiger partial charge on any atom is -0.487 e. The highest BCUT2D eigenvalue weighted by molar-refractivity contribution is 7.17. The van der Waals surface area contributed by atoms with Crippen LogP contribution in [0.25, 0.3) is 0 Å². The van der Waals surface area contributed by atoms with E-state index in [1.54, 1.807) is 0 Å². The van der Waals surface area contributed by atoms with Gasteiger partial charge in [-0.15, -0.1) is 0 Å². The fraction of sp³-hybridized carbons (Fsp3) is 0.727. The van der Waals surface area contributed by atoms with Crippen molar-refractivity contribution in [3.05, 3.63) is 28.8 Å². The second-order valence-corrected chi connectivity index (χ2v) is 8.17. The molecule has 2 atom stereocenters. The van der Waals surface area contributed by atoms with E-state index in [9.17, 15) is 0 Å². The molecule has 24 heavy (non-hydrogen) atoms. The number of ether oxygens (including phenoxy) is 1. The van der Waals surface area contributed by atoms with Crippen LogP contribution < -0.4 is 4.74 Å². The number of benzene rings is 1. The van der Waals surface area contributed by atoms with Crippen LogP contribution in [0.15, 0.2) is 12.1 Å². The molecule has 0 aliphatic heterocycles. The van der Waals surface area contributed by atoms with Crippen LogP contribution in [0.4, 0.5) is 0 Å². The van der Waals surface area contributed by atoms with E-state index < -0.39 is 0 Å². The average Bonchev–Trinajstić information content (AvgIpc) is 2.55.